The van der Waals surface area contributed by atoms with E-state index in [0.717, 1.165) is 44.5 Å². The molecule has 2 fully saturated rings. The first-order valence-electron chi connectivity index (χ1n) is 12.9. The number of benzene rings is 1. The lowest BCUT2D eigenvalue weighted by atomic mass is 10.1. The second kappa shape index (κ2) is 9.43. The number of hydrogen-bond donors (Lipinski definition) is 1. The van der Waals surface area contributed by atoms with Gasteiger partial charge in [-0.2, -0.15) is 0 Å². The van der Waals surface area contributed by atoms with Gasteiger partial charge in [-0.05, 0) is 57.5 Å². The Hall–Kier alpha value is -3.92. The van der Waals surface area contributed by atoms with Crippen molar-refractivity contribution in [2.45, 2.75) is 39.3 Å². The van der Waals surface area contributed by atoms with Crippen LogP contribution in [0.4, 0.5) is 20.5 Å². The van der Waals surface area contributed by atoms with Crippen molar-refractivity contribution in [3.8, 4) is 11.3 Å². The molecule has 38 heavy (non-hydrogen) atoms. The van der Waals surface area contributed by atoms with Crippen LogP contribution in [0, 0.1) is 18.6 Å². The number of hydrogen-bond acceptors (Lipinski definition) is 6. The smallest absolute Gasteiger partial charge is 0.255 e. The molecule has 0 spiro atoms. The molecule has 6 rings (SSSR count). The number of rotatable bonds is 5. The van der Waals surface area contributed by atoms with Gasteiger partial charge in [0.05, 0.1) is 17.3 Å². The summed E-state index contributed by atoms with van der Waals surface area (Å²) in [7, 11) is 0. The third-order valence-corrected chi connectivity index (χ3v) is 7.49. The van der Waals surface area contributed by atoms with E-state index in [-0.39, 0.29) is 29.6 Å². The molecule has 196 valence electrons. The number of piperazine rings is 1. The summed E-state index contributed by atoms with van der Waals surface area (Å²) in [6.45, 7) is 9.56. The molecule has 1 aromatic carbocycles. The third-order valence-electron chi connectivity index (χ3n) is 7.49. The van der Waals surface area contributed by atoms with Gasteiger partial charge in [-0.15, -0.1) is 0 Å². The highest BCUT2D eigenvalue weighted by Gasteiger charge is 2.35. The quantitative estimate of drug-likeness (QED) is 0.404. The number of amides is 1. The number of nitrogens with one attached hydrogen (secondary N) is 1. The van der Waals surface area contributed by atoms with Crippen LogP contribution in [0.15, 0.2) is 42.7 Å². The van der Waals surface area contributed by atoms with Crippen LogP contribution in [0.1, 0.15) is 42.4 Å². The second-order valence-electron chi connectivity index (χ2n) is 10.3. The van der Waals surface area contributed by atoms with Crippen LogP contribution in [0.3, 0.4) is 0 Å². The number of aromatic nitrogens is 4. The molecule has 3 aromatic heterocycles. The number of carbonyl (C=O) groups excluding carboxylic acids is 1. The molecule has 8 nitrogen and oxygen atoms in total. The number of carbonyl (C=O) groups is 1. The van der Waals surface area contributed by atoms with E-state index in [1.165, 1.54) is 12.3 Å². The molecule has 1 amide bonds. The van der Waals surface area contributed by atoms with Crippen molar-refractivity contribution in [1.29, 1.82) is 0 Å². The molecule has 2 unspecified atom stereocenters. The average molecular weight is 518 g/mol. The number of aryl methyl sites for hydroxylation is 1. The van der Waals surface area contributed by atoms with Crippen LogP contribution in [0.5, 0.6) is 0 Å². The van der Waals surface area contributed by atoms with Gasteiger partial charge in [-0.3, -0.25) is 9.69 Å². The lowest BCUT2D eigenvalue weighted by molar-refractivity contribution is 0.0609. The maximum Gasteiger partial charge on any atom is 0.255 e. The van der Waals surface area contributed by atoms with Gasteiger partial charge in [0.1, 0.15) is 17.3 Å². The van der Waals surface area contributed by atoms with Gasteiger partial charge in [0, 0.05) is 61.1 Å². The normalized spacial score (nSPS) is 18.9. The van der Waals surface area contributed by atoms with E-state index < -0.39 is 11.6 Å². The summed E-state index contributed by atoms with van der Waals surface area (Å²) < 4.78 is 31.9. The Kier molecular flexibility index (Phi) is 6.06. The zero-order valence-corrected chi connectivity index (χ0v) is 21.6. The van der Waals surface area contributed by atoms with Gasteiger partial charge in [-0.25, -0.2) is 23.7 Å². The van der Waals surface area contributed by atoms with Gasteiger partial charge < -0.3 is 14.8 Å². The zero-order chi connectivity index (χ0) is 26.6. The van der Waals surface area contributed by atoms with E-state index >= 15 is 4.39 Å². The van der Waals surface area contributed by atoms with Crippen LogP contribution in [0.2, 0.25) is 0 Å². The third kappa shape index (κ3) is 4.28. The van der Waals surface area contributed by atoms with Crippen LogP contribution in [0.25, 0.3) is 22.2 Å². The topological polar surface area (TPSA) is 79.2 Å². The number of nitrogens with zero attached hydrogens (tertiary/aromatic N) is 6. The second-order valence-corrected chi connectivity index (χ2v) is 10.3. The lowest BCUT2D eigenvalue weighted by Gasteiger charge is -2.34. The number of pyridine rings is 1. The molecule has 1 N–H and O–H groups in total. The first-order valence-corrected chi connectivity index (χ1v) is 12.9. The Bertz CT molecular complexity index is 1530. The van der Waals surface area contributed by atoms with Crippen molar-refractivity contribution in [2.75, 3.05) is 31.5 Å². The number of anilines is 2. The van der Waals surface area contributed by atoms with Gasteiger partial charge in [-0.1, -0.05) is 0 Å². The predicted molar refractivity (Wildman–Crippen MR) is 141 cm³/mol. The average Bonchev–Trinajstić information content (AvgIpc) is 3.44. The fourth-order valence-corrected chi connectivity index (χ4v) is 5.71. The monoisotopic (exact) mass is 517 g/mol. The largest absolute Gasteiger partial charge is 0.342 e. The molecular weight excluding hydrogens is 488 g/mol. The molecule has 10 heteroatoms. The van der Waals surface area contributed by atoms with Gasteiger partial charge in [0.15, 0.2) is 5.82 Å². The van der Waals surface area contributed by atoms with Crippen LogP contribution in [-0.2, 0) is 0 Å². The molecule has 0 radical (unpaired) electrons. The molecule has 2 bridgehead atoms. The Morgan fingerprint density at radius 1 is 1.05 bits per heavy atom. The fourth-order valence-electron chi connectivity index (χ4n) is 5.71. The van der Waals surface area contributed by atoms with E-state index in [0.29, 0.717) is 27.8 Å². The Balaban J connectivity index is 1.25. The van der Waals surface area contributed by atoms with E-state index in [9.17, 15) is 9.18 Å². The number of halogens is 2. The first-order chi connectivity index (χ1) is 18.3. The summed E-state index contributed by atoms with van der Waals surface area (Å²) >= 11 is 0. The van der Waals surface area contributed by atoms with Crippen molar-refractivity contribution in [3.05, 3.63) is 65.6 Å². The Labute approximate surface area is 219 Å². The molecular formula is C28H29F2N7O. The summed E-state index contributed by atoms with van der Waals surface area (Å²) in [4.78, 5) is 30.1. The summed E-state index contributed by atoms with van der Waals surface area (Å²) in [6.07, 6.45) is 3.59. The predicted octanol–water partition coefficient (Wildman–Crippen LogP) is 4.93. The molecule has 5 heterocycles. The fraction of sp³-hybridized carbons (Fsp3) is 0.357. The standard InChI is InChI=1S/C28H29F2N7O/c1-16(2)37-17(3)10-21-22(29)11-19(12-24(21)37)26-23(30)14-32-28(34-26)33-25-5-4-18(13-31-25)27(38)36-9-8-35-7-6-20(36)15-35/h4-5,10-14,16,20H,6-9,15H2,1-3H3,(H,31,32,33,34). The maximum absolute atomic E-state index is 15.0. The molecule has 0 aliphatic carbocycles. The molecule has 4 aromatic rings. The minimum atomic E-state index is -0.658. The first kappa shape index (κ1) is 24.4. The van der Waals surface area contributed by atoms with Gasteiger partial charge >= 0.3 is 0 Å². The number of fused-ring (bicyclic) bond motifs is 3. The lowest BCUT2D eigenvalue weighted by Crippen LogP contribution is -2.49. The highest BCUT2D eigenvalue weighted by atomic mass is 19.1. The van der Waals surface area contributed by atoms with Crippen molar-refractivity contribution in [2.24, 2.45) is 0 Å². The van der Waals surface area contributed by atoms with Gasteiger partial charge in [0.2, 0.25) is 5.95 Å². The van der Waals surface area contributed by atoms with Crippen LogP contribution >= 0.6 is 0 Å². The van der Waals surface area contributed by atoms with E-state index in [1.807, 2.05) is 30.2 Å². The van der Waals surface area contributed by atoms with Crippen LogP contribution in [-0.4, -0.2) is 67.4 Å². The summed E-state index contributed by atoms with van der Waals surface area (Å²) in [5, 5.41) is 3.46. The summed E-state index contributed by atoms with van der Waals surface area (Å²) in [5.74, 6) is -0.584. The highest BCUT2D eigenvalue weighted by Crippen LogP contribution is 2.32. The maximum atomic E-state index is 15.0. The molecule has 2 aliphatic heterocycles. The van der Waals surface area contributed by atoms with E-state index in [4.69, 9.17) is 0 Å². The van der Waals surface area contributed by atoms with Crippen molar-refractivity contribution >= 4 is 28.6 Å². The highest BCUT2D eigenvalue weighted by molar-refractivity contribution is 5.94. The molecule has 2 saturated heterocycles. The summed E-state index contributed by atoms with van der Waals surface area (Å²) in [5.41, 5.74) is 2.43. The Morgan fingerprint density at radius 3 is 2.66 bits per heavy atom. The minimum absolute atomic E-state index is 0.0139. The summed E-state index contributed by atoms with van der Waals surface area (Å²) in [6, 6.07) is 8.61. The molecule has 2 aliphatic rings. The van der Waals surface area contributed by atoms with Crippen LogP contribution < -0.4 is 5.32 Å². The SMILES string of the molecule is Cc1cc2c(F)cc(-c3nc(Nc4ccc(C(=O)N5CCN6CCC5C6)cn4)ncc3F)cc2n1C(C)C. The zero-order valence-electron chi connectivity index (χ0n) is 21.6. The van der Waals surface area contributed by atoms with Crippen molar-refractivity contribution < 1.29 is 13.6 Å². The van der Waals surface area contributed by atoms with Crippen molar-refractivity contribution in [1.82, 2.24) is 29.3 Å². The van der Waals surface area contributed by atoms with Gasteiger partial charge in [0.25, 0.3) is 5.91 Å². The molecule has 0 saturated carbocycles. The van der Waals surface area contributed by atoms with Crippen molar-refractivity contribution in [3.63, 3.8) is 0 Å². The minimum Gasteiger partial charge on any atom is -0.342 e. The molecule has 2 atom stereocenters. The van der Waals surface area contributed by atoms with E-state index in [2.05, 4.69) is 25.2 Å². The van der Waals surface area contributed by atoms with E-state index in [1.54, 1.807) is 24.3 Å². The Morgan fingerprint density at radius 2 is 1.89 bits per heavy atom.